The Labute approximate surface area is 890 Å². The lowest BCUT2D eigenvalue weighted by Gasteiger charge is -2.20. The normalized spacial score (nSPS) is 11.5. The van der Waals surface area contributed by atoms with Crippen molar-refractivity contribution in [1.82, 2.24) is 0 Å². The molecular weight excluding hydrogens is 1800 g/mol. The molecule has 0 amide bonds. The summed E-state index contributed by atoms with van der Waals surface area (Å²) in [5, 5.41) is 0. The van der Waals surface area contributed by atoms with Gasteiger partial charge in [0.05, 0.1) is 0 Å². The van der Waals surface area contributed by atoms with E-state index >= 15 is 0 Å². The fourth-order valence-electron chi connectivity index (χ4n) is 20.5. The van der Waals surface area contributed by atoms with Crippen molar-refractivity contribution in [2.24, 2.45) is 0 Å². The minimum absolute atomic E-state index is 0.0984. The van der Waals surface area contributed by atoms with Gasteiger partial charge in [-0.2, -0.15) is 0 Å². The summed E-state index contributed by atoms with van der Waals surface area (Å²) in [5.41, 5.74) is 54.4. The van der Waals surface area contributed by atoms with Crippen LogP contribution in [0.15, 0.2) is 534 Å². The number of hydrogen-bond acceptors (Lipinski definition) is 0. The number of benzene rings is 22. The Balaban J connectivity index is 0.000000138. The molecule has 0 radical (unpaired) electrons. The van der Waals surface area contributed by atoms with E-state index in [1.165, 1.54) is 245 Å². The summed E-state index contributed by atoms with van der Waals surface area (Å²) in [7, 11) is 0. The van der Waals surface area contributed by atoms with Crippen LogP contribution >= 0.6 is 0 Å². The molecule has 0 aliphatic carbocycles. The van der Waals surface area contributed by atoms with Gasteiger partial charge in [0.15, 0.2) is 0 Å². The van der Waals surface area contributed by atoms with E-state index in [0.717, 1.165) is 0 Å². The molecule has 730 valence electrons. The first-order valence-electron chi connectivity index (χ1n) is 52.8. The van der Waals surface area contributed by atoms with E-state index in [1.807, 2.05) is 0 Å². The van der Waals surface area contributed by atoms with Gasteiger partial charge in [-0.15, -0.1) is 0 Å². The first kappa shape index (κ1) is 100. The second kappa shape index (κ2) is 43.9. The van der Waals surface area contributed by atoms with Gasteiger partial charge in [0.2, 0.25) is 0 Å². The third-order valence-corrected chi connectivity index (χ3v) is 29.0. The second-order valence-electron chi connectivity index (χ2n) is 44.4. The summed E-state index contributed by atoms with van der Waals surface area (Å²) in [4.78, 5) is 0. The summed E-state index contributed by atoms with van der Waals surface area (Å²) in [6.07, 6.45) is 0. The molecule has 22 aromatic carbocycles. The predicted molar refractivity (Wildman–Crippen MR) is 647 cm³/mol. The van der Waals surface area contributed by atoms with Crippen LogP contribution in [-0.2, 0) is 21.7 Å². The quantitative estimate of drug-likeness (QED) is 0.0757. The average Bonchev–Trinajstić information content (AvgIpc) is 0.765. The van der Waals surface area contributed by atoms with E-state index in [4.69, 9.17) is 0 Å². The maximum Gasteiger partial charge on any atom is -0.0132 e. The van der Waals surface area contributed by atoms with Crippen molar-refractivity contribution in [3.8, 4) is 211 Å². The van der Waals surface area contributed by atoms with Gasteiger partial charge in [-0.3, -0.25) is 0 Å². The zero-order valence-electron chi connectivity index (χ0n) is 88.8. The minimum atomic E-state index is 0.0984. The lowest BCUT2D eigenvalue weighted by molar-refractivity contribution is 0.590. The SMILES string of the molecule is Cc1cc(-c2cc(-c3ccc(C(C)(C)C)cc3)cc(-c3ccc(C(C)(C)C)cc3)c2)cc(-c2cc(-c3ccc(C(C)(C)C)cc3)cc(-c3ccc(C(C)(C)C)cc3)c2)c1.Cc1cc(-c2cc(-c3ccccc3)cc(-c3ccccc3)c2)cc(-c2cc(-c3ccccc3)cc(-c3ccccc3)c2)c1.c1ccc(-c2cc(-c3ccccc3)cc(-c3cc(-c4ccccc4)cc(-c4cc(-c5ccccc5)cc(-c5ccccc5)c4)c3)c2)cc1. The van der Waals surface area contributed by atoms with Crippen LogP contribution < -0.4 is 0 Å². The Kier molecular flexibility index (Phi) is 29.3. The Hall–Kier alpha value is -17.2. The first-order chi connectivity index (χ1) is 72.6. The lowest BCUT2D eigenvalue weighted by atomic mass is 9.84. The van der Waals surface area contributed by atoms with Gasteiger partial charge in [-0.05, 0) is 420 Å². The fraction of sp³-hybridized carbons (Fsp3) is 0.120. The molecule has 0 spiro atoms. The molecule has 0 N–H and O–H groups in total. The Morgan fingerprint density at radius 3 is 0.260 bits per heavy atom. The molecule has 0 fully saturated rings. The molecule has 0 bridgehead atoms. The zero-order valence-corrected chi connectivity index (χ0v) is 88.8. The molecule has 0 heteroatoms. The van der Waals surface area contributed by atoms with Crippen LogP contribution in [0.3, 0.4) is 0 Å². The monoisotopic (exact) mass is 1930 g/mol. The molecule has 0 saturated carbocycles. The third kappa shape index (κ3) is 24.1. The molecule has 22 aromatic rings. The summed E-state index contributed by atoms with van der Waals surface area (Å²) in [6.45, 7) is 31.8. The van der Waals surface area contributed by atoms with Crippen LogP contribution in [0, 0.1) is 13.8 Å². The van der Waals surface area contributed by atoms with E-state index < -0.39 is 0 Å². The van der Waals surface area contributed by atoms with Crippen molar-refractivity contribution in [2.45, 2.75) is 119 Å². The van der Waals surface area contributed by atoms with E-state index in [2.05, 4.69) is 631 Å². The minimum Gasteiger partial charge on any atom is -0.0622 e. The van der Waals surface area contributed by atoms with E-state index in [0.29, 0.717) is 0 Å². The molecular formula is C150H130. The van der Waals surface area contributed by atoms with Crippen LogP contribution in [0.1, 0.15) is 116 Å². The molecule has 0 atom stereocenters. The van der Waals surface area contributed by atoms with E-state index in [-0.39, 0.29) is 21.7 Å². The maximum atomic E-state index is 2.40. The fourth-order valence-corrected chi connectivity index (χ4v) is 20.5. The molecule has 0 saturated heterocycles. The van der Waals surface area contributed by atoms with Crippen LogP contribution in [-0.4, -0.2) is 0 Å². The van der Waals surface area contributed by atoms with Crippen LogP contribution in [0.25, 0.3) is 211 Å². The highest BCUT2D eigenvalue weighted by Gasteiger charge is 2.24. The smallest absolute Gasteiger partial charge is 0.0132 e. The van der Waals surface area contributed by atoms with Crippen LogP contribution in [0.2, 0.25) is 0 Å². The second-order valence-corrected chi connectivity index (χ2v) is 44.4. The van der Waals surface area contributed by atoms with Gasteiger partial charge in [0, 0.05) is 0 Å². The molecule has 0 aliphatic rings. The average molecular weight is 1930 g/mol. The molecule has 0 aliphatic heterocycles. The first-order valence-corrected chi connectivity index (χ1v) is 52.8. The topological polar surface area (TPSA) is 0 Å². The predicted octanol–water partition coefficient (Wildman–Crippen LogP) is 42.5. The molecule has 0 aromatic heterocycles. The standard InChI is InChI=1S/C59H64.C48H34.C43H32/c1-39-30-44(50-35-46(40-14-22-52(23-15-40)56(2,3)4)33-47(36-50)41-16-24-53(25-17-41)57(5,6)7)32-45(31-39)51-37-48(42-18-26-54(27-19-42)58(8,9)10)34-49(38-51)43-20-28-55(29-21-43)59(11,12)13;1-6-16-35(17-7-1)40-26-41(36-18-8-2-9-19-36)29-45(28-40)47-32-44(39-24-14-5-15-25-39)33-48(34-47)46-30-42(37-20-10-3-11-21-37)27-43(31-46)38-22-12-4-13-23-38;1-31-22-36(42-27-38(32-14-6-2-7-15-32)25-39(28-42)33-16-8-3-9-17-33)24-37(23-31)43-29-40(34-18-10-4-11-19-34)26-41(30-43)35-20-12-5-13-21-35/h14-38H,1-13H3;1-34H;2-30H,1H3. The summed E-state index contributed by atoms with van der Waals surface area (Å²) >= 11 is 0. The largest absolute Gasteiger partial charge is 0.0622 e. The number of rotatable bonds is 19. The molecule has 22 rings (SSSR count). The van der Waals surface area contributed by atoms with Crippen LogP contribution in [0.5, 0.6) is 0 Å². The van der Waals surface area contributed by atoms with Gasteiger partial charge in [0.25, 0.3) is 0 Å². The molecule has 150 heavy (non-hydrogen) atoms. The maximum absolute atomic E-state index is 2.40. The highest BCUT2D eigenvalue weighted by molar-refractivity contribution is 5.93. The van der Waals surface area contributed by atoms with Gasteiger partial charge in [0.1, 0.15) is 0 Å². The van der Waals surface area contributed by atoms with E-state index in [1.54, 1.807) is 0 Å². The van der Waals surface area contributed by atoms with Crippen molar-refractivity contribution in [3.05, 3.63) is 567 Å². The molecule has 0 heterocycles. The molecule has 0 unspecified atom stereocenters. The summed E-state index contributed by atoms with van der Waals surface area (Å²) in [6, 6.07) is 196. The van der Waals surface area contributed by atoms with Gasteiger partial charge >= 0.3 is 0 Å². The lowest BCUT2D eigenvalue weighted by Crippen LogP contribution is -2.10. The van der Waals surface area contributed by atoms with Crippen LogP contribution in [0.4, 0.5) is 0 Å². The highest BCUT2D eigenvalue weighted by atomic mass is 14.3. The van der Waals surface area contributed by atoms with Gasteiger partial charge in [-0.25, -0.2) is 0 Å². The third-order valence-electron chi connectivity index (χ3n) is 29.0. The summed E-state index contributed by atoms with van der Waals surface area (Å²) < 4.78 is 0. The van der Waals surface area contributed by atoms with Crippen molar-refractivity contribution in [2.75, 3.05) is 0 Å². The van der Waals surface area contributed by atoms with Crippen molar-refractivity contribution >= 4 is 0 Å². The Bertz CT molecular complexity index is 7580. The highest BCUT2D eigenvalue weighted by Crippen LogP contribution is 2.46. The zero-order chi connectivity index (χ0) is 104. The summed E-state index contributed by atoms with van der Waals surface area (Å²) in [5.74, 6) is 0. The van der Waals surface area contributed by atoms with Crippen molar-refractivity contribution in [1.29, 1.82) is 0 Å². The van der Waals surface area contributed by atoms with Crippen molar-refractivity contribution in [3.63, 3.8) is 0 Å². The van der Waals surface area contributed by atoms with E-state index in [9.17, 15) is 0 Å². The van der Waals surface area contributed by atoms with Crippen molar-refractivity contribution < 1.29 is 0 Å². The van der Waals surface area contributed by atoms with Gasteiger partial charge < -0.3 is 0 Å². The Morgan fingerprint density at radius 1 is 0.0867 bits per heavy atom. The number of aryl methyl sites for hydroxylation is 2. The Morgan fingerprint density at radius 2 is 0.167 bits per heavy atom. The molecule has 0 nitrogen and oxygen atoms in total. The number of hydrogen-bond donors (Lipinski definition) is 0. The van der Waals surface area contributed by atoms with Gasteiger partial charge in [-0.1, -0.05) is 477 Å².